The van der Waals surface area contributed by atoms with Crippen molar-refractivity contribution >= 4 is 39.5 Å². The lowest BCUT2D eigenvalue weighted by atomic mass is 9.95. The van der Waals surface area contributed by atoms with Crippen LogP contribution >= 0.6 is 0 Å². The maximum atomic E-state index is 11.8. The molecule has 0 spiro atoms. The van der Waals surface area contributed by atoms with Crippen LogP contribution in [0.1, 0.15) is 23.1 Å². The third-order valence-corrected chi connectivity index (χ3v) is 5.50. The Kier molecular flexibility index (Phi) is 4.94. The number of aromatic nitrogens is 1. The minimum absolute atomic E-state index is 0.0456. The first-order valence-corrected chi connectivity index (χ1v) is 10.3. The summed E-state index contributed by atoms with van der Waals surface area (Å²) in [5.74, 6) is -0.212. The number of para-hydroxylation sites is 1. The van der Waals surface area contributed by atoms with Crippen molar-refractivity contribution < 1.29 is 4.79 Å². The van der Waals surface area contributed by atoms with Gasteiger partial charge in [0, 0.05) is 40.3 Å². The Labute approximate surface area is 180 Å². The van der Waals surface area contributed by atoms with E-state index in [-0.39, 0.29) is 12.5 Å². The van der Waals surface area contributed by atoms with Gasteiger partial charge in [0.1, 0.15) is 0 Å². The van der Waals surface area contributed by atoms with E-state index >= 15 is 0 Å². The first-order valence-electron chi connectivity index (χ1n) is 10.3. The van der Waals surface area contributed by atoms with Crippen LogP contribution in [0.15, 0.2) is 90.1 Å². The van der Waals surface area contributed by atoms with E-state index in [1.165, 1.54) is 5.39 Å². The van der Waals surface area contributed by atoms with Crippen LogP contribution in [-0.2, 0) is 4.79 Å². The van der Waals surface area contributed by atoms with Crippen molar-refractivity contribution in [3.05, 3.63) is 102 Å². The monoisotopic (exact) mass is 406 g/mol. The molecule has 0 saturated heterocycles. The van der Waals surface area contributed by atoms with E-state index in [2.05, 4.69) is 40.6 Å². The molecule has 5 nitrogen and oxygen atoms in total. The quantitative estimate of drug-likeness (QED) is 0.444. The lowest BCUT2D eigenvalue weighted by molar-refractivity contribution is -0.114. The van der Waals surface area contributed by atoms with E-state index in [0.29, 0.717) is 6.42 Å². The van der Waals surface area contributed by atoms with Crippen LogP contribution in [0, 0.1) is 0 Å². The highest BCUT2D eigenvalue weighted by Crippen LogP contribution is 2.38. The average molecular weight is 406 g/mol. The molecule has 0 bridgehead atoms. The fraction of sp³-hybridized carbons (Fsp3) is 0.0769. The molecule has 1 aliphatic rings. The molecule has 2 heterocycles. The zero-order valence-corrected chi connectivity index (χ0v) is 16.9. The zero-order valence-electron chi connectivity index (χ0n) is 16.9. The van der Waals surface area contributed by atoms with Crippen LogP contribution in [0.3, 0.4) is 0 Å². The molecule has 1 aromatic heterocycles. The average Bonchev–Trinajstić information content (AvgIpc) is 3.44. The van der Waals surface area contributed by atoms with E-state index < -0.39 is 0 Å². The maximum Gasteiger partial charge on any atom is 0.238 e. The third kappa shape index (κ3) is 3.67. The number of benzene rings is 3. The molecule has 0 aliphatic carbocycles. The van der Waals surface area contributed by atoms with Gasteiger partial charge < -0.3 is 16.0 Å². The lowest BCUT2D eigenvalue weighted by Crippen LogP contribution is -2.21. The molecule has 152 valence electrons. The molecular weight excluding hydrogens is 384 g/mol. The van der Waals surface area contributed by atoms with Crippen LogP contribution in [0.5, 0.6) is 0 Å². The number of rotatable bonds is 5. The van der Waals surface area contributed by atoms with E-state index in [1.54, 1.807) is 0 Å². The highest BCUT2D eigenvalue weighted by atomic mass is 16.1. The van der Waals surface area contributed by atoms with Gasteiger partial charge in [0.2, 0.25) is 5.91 Å². The van der Waals surface area contributed by atoms with Crippen molar-refractivity contribution in [2.24, 2.45) is 10.7 Å². The van der Waals surface area contributed by atoms with Gasteiger partial charge in [-0.1, -0.05) is 60.7 Å². The second kappa shape index (κ2) is 8.05. The Hall–Kier alpha value is -3.96. The van der Waals surface area contributed by atoms with Crippen molar-refractivity contribution in [1.29, 1.82) is 0 Å². The minimum Gasteiger partial charge on any atom is -0.360 e. The fourth-order valence-electron chi connectivity index (χ4n) is 4.03. The van der Waals surface area contributed by atoms with Crippen LogP contribution in [0.25, 0.3) is 22.2 Å². The van der Waals surface area contributed by atoms with Gasteiger partial charge in [0.05, 0.1) is 18.0 Å². The molecular formula is C26H22N4O. The van der Waals surface area contributed by atoms with Gasteiger partial charge in [-0.05, 0) is 29.3 Å². The largest absolute Gasteiger partial charge is 0.360 e. The van der Waals surface area contributed by atoms with Crippen molar-refractivity contribution in [1.82, 2.24) is 4.98 Å². The molecule has 5 heteroatoms. The second-order valence-electron chi connectivity index (χ2n) is 7.51. The number of carbonyl (C=O) groups is 1. The van der Waals surface area contributed by atoms with Crippen LogP contribution in [-0.4, -0.2) is 23.1 Å². The Balaban J connectivity index is 1.59. The molecule has 31 heavy (non-hydrogen) atoms. The van der Waals surface area contributed by atoms with Crippen LogP contribution in [0.4, 0.5) is 5.69 Å². The SMILES string of the molecule is NCC(=O)Nc1cccc(C2=C(c3ccccc3)N=C(c3c[nH]c4ccccc34)C2)c1. The highest BCUT2D eigenvalue weighted by molar-refractivity contribution is 6.21. The predicted octanol–water partition coefficient (Wildman–Crippen LogP) is 4.83. The number of aliphatic imine (C=N–C) groups is 1. The van der Waals surface area contributed by atoms with Crippen molar-refractivity contribution in [3.8, 4) is 0 Å². The Morgan fingerprint density at radius 1 is 0.968 bits per heavy atom. The van der Waals surface area contributed by atoms with Gasteiger partial charge in [-0.25, -0.2) is 0 Å². The molecule has 1 aliphatic heterocycles. The van der Waals surface area contributed by atoms with Gasteiger partial charge >= 0.3 is 0 Å². The molecule has 4 N–H and O–H groups in total. The molecule has 0 fully saturated rings. The normalized spacial score (nSPS) is 13.5. The summed E-state index contributed by atoms with van der Waals surface area (Å²) in [4.78, 5) is 20.2. The standard InChI is InChI=1S/C26H22N4O/c27-15-25(31)29-19-10-6-9-18(13-19)21-14-24(30-26(21)17-7-2-1-3-8-17)22-16-28-23-12-5-4-11-20(22)23/h1-13,16,28H,14-15,27H2,(H,29,31). The summed E-state index contributed by atoms with van der Waals surface area (Å²) in [7, 11) is 0. The summed E-state index contributed by atoms with van der Waals surface area (Å²) in [5.41, 5.74) is 13.6. The summed E-state index contributed by atoms with van der Waals surface area (Å²) in [5, 5.41) is 4.01. The third-order valence-electron chi connectivity index (χ3n) is 5.50. The number of amides is 1. The molecule has 0 saturated carbocycles. The Morgan fingerprint density at radius 3 is 2.58 bits per heavy atom. The second-order valence-corrected chi connectivity index (χ2v) is 7.51. The van der Waals surface area contributed by atoms with Gasteiger partial charge in [0.15, 0.2) is 0 Å². The van der Waals surface area contributed by atoms with Gasteiger partial charge in [-0.15, -0.1) is 0 Å². The molecule has 1 amide bonds. The zero-order chi connectivity index (χ0) is 21.2. The number of nitrogens with two attached hydrogens (primary N) is 1. The highest BCUT2D eigenvalue weighted by Gasteiger charge is 2.23. The first-order chi connectivity index (χ1) is 15.2. The Bertz CT molecular complexity index is 1330. The number of H-pyrrole nitrogens is 1. The van der Waals surface area contributed by atoms with Crippen LogP contribution in [0.2, 0.25) is 0 Å². The summed E-state index contributed by atoms with van der Waals surface area (Å²) in [6.45, 7) is -0.0456. The smallest absolute Gasteiger partial charge is 0.238 e. The van der Waals surface area contributed by atoms with Gasteiger partial charge in [-0.3, -0.25) is 9.79 Å². The number of nitrogens with zero attached hydrogens (tertiary/aromatic N) is 1. The number of hydrogen-bond acceptors (Lipinski definition) is 3. The number of allylic oxidation sites excluding steroid dienone is 1. The lowest BCUT2D eigenvalue weighted by Gasteiger charge is -2.10. The minimum atomic E-state index is -0.212. The Morgan fingerprint density at radius 2 is 1.74 bits per heavy atom. The van der Waals surface area contributed by atoms with Gasteiger partial charge in [-0.2, -0.15) is 0 Å². The predicted molar refractivity (Wildman–Crippen MR) is 127 cm³/mol. The number of aromatic amines is 1. The van der Waals surface area contributed by atoms with Crippen molar-refractivity contribution in [3.63, 3.8) is 0 Å². The maximum absolute atomic E-state index is 11.8. The molecule has 4 aromatic rings. The number of hydrogen-bond donors (Lipinski definition) is 3. The molecule has 0 radical (unpaired) electrons. The summed E-state index contributed by atoms with van der Waals surface area (Å²) < 4.78 is 0. The van der Waals surface area contributed by atoms with E-state index in [9.17, 15) is 4.79 Å². The van der Waals surface area contributed by atoms with Gasteiger partial charge in [0.25, 0.3) is 0 Å². The topological polar surface area (TPSA) is 83.3 Å². The fourth-order valence-corrected chi connectivity index (χ4v) is 4.03. The number of fused-ring (bicyclic) bond motifs is 1. The summed E-state index contributed by atoms with van der Waals surface area (Å²) in [6.07, 6.45) is 2.74. The molecule has 5 rings (SSSR count). The number of carbonyl (C=O) groups excluding carboxylic acids is 1. The number of anilines is 1. The molecule has 0 atom stereocenters. The van der Waals surface area contributed by atoms with E-state index in [0.717, 1.165) is 44.9 Å². The summed E-state index contributed by atoms with van der Waals surface area (Å²) in [6, 6.07) is 26.3. The molecule has 3 aromatic carbocycles. The van der Waals surface area contributed by atoms with Crippen molar-refractivity contribution in [2.75, 3.05) is 11.9 Å². The molecule has 0 unspecified atom stereocenters. The first kappa shape index (κ1) is 19.0. The van der Waals surface area contributed by atoms with Crippen molar-refractivity contribution in [2.45, 2.75) is 6.42 Å². The van der Waals surface area contributed by atoms with E-state index in [1.807, 2.05) is 54.7 Å². The van der Waals surface area contributed by atoms with E-state index in [4.69, 9.17) is 10.7 Å². The summed E-state index contributed by atoms with van der Waals surface area (Å²) >= 11 is 0. The number of nitrogens with one attached hydrogen (secondary N) is 2. The van der Waals surface area contributed by atoms with Crippen LogP contribution < -0.4 is 11.1 Å².